The van der Waals surface area contributed by atoms with Gasteiger partial charge in [-0.2, -0.15) is 0 Å². The van der Waals surface area contributed by atoms with Crippen molar-refractivity contribution in [3.05, 3.63) is 24.3 Å². The Bertz CT molecular complexity index is 479. The van der Waals surface area contributed by atoms with Crippen LogP contribution in [-0.4, -0.2) is 63.2 Å². The Morgan fingerprint density at radius 1 is 1.14 bits per heavy atom. The fraction of sp³-hybridized carbons (Fsp3) is 0.562. The molecule has 2 amide bonds. The second-order valence-corrected chi connectivity index (χ2v) is 5.99. The molecular weight excluding hydrogens is 264 g/mol. The number of urea groups is 1. The fourth-order valence-electron chi connectivity index (χ4n) is 2.70. The van der Waals surface area contributed by atoms with E-state index in [1.165, 1.54) is 11.4 Å². The van der Waals surface area contributed by atoms with E-state index in [9.17, 15) is 4.79 Å². The lowest BCUT2D eigenvalue weighted by molar-refractivity contribution is 0.158. The molecule has 0 aromatic heterocycles. The summed E-state index contributed by atoms with van der Waals surface area (Å²) in [6.07, 6.45) is 1.97. The predicted molar refractivity (Wildman–Crippen MR) is 88.1 cm³/mol. The largest absolute Gasteiger partial charge is 0.381 e. The first-order valence-electron chi connectivity index (χ1n) is 7.48. The van der Waals surface area contributed by atoms with E-state index in [0.717, 1.165) is 25.9 Å². The number of amides is 2. The third-order valence-electron chi connectivity index (χ3n) is 3.89. The number of benzene rings is 1. The van der Waals surface area contributed by atoms with Crippen molar-refractivity contribution in [2.24, 2.45) is 0 Å². The van der Waals surface area contributed by atoms with Crippen LogP contribution < -0.4 is 10.2 Å². The topological polar surface area (TPSA) is 38.8 Å². The van der Waals surface area contributed by atoms with E-state index in [0.29, 0.717) is 6.04 Å². The van der Waals surface area contributed by atoms with Crippen molar-refractivity contribution in [1.82, 2.24) is 9.80 Å². The molecule has 1 aromatic rings. The summed E-state index contributed by atoms with van der Waals surface area (Å²) in [5, 5.41) is 3.63. The molecule has 1 fully saturated rings. The van der Waals surface area contributed by atoms with E-state index >= 15 is 0 Å². The summed E-state index contributed by atoms with van der Waals surface area (Å²) in [6, 6.07) is 8.89. The van der Waals surface area contributed by atoms with Crippen molar-refractivity contribution < 1.29 is 4.79 Å². The monoisotopic (exact) mass is 290 g/mol. The molecule has 1 N–H and O–H groups in total. The molecule has 0 bridgehead atoms. The molecule has 1 aromatic carbocycles. The Morgan fingerprint density at radius 3 is 2.33 bits per heavy atom. The number of anilines is 2. The zero-order valence-electron chi connectivity index (χ0n) is 13.5. The number of carbonyl (C=O) groups is 1. The van der Waals surface area contributed by atoms with Crippen LogP contribution in [0.3, 0.4) is 0 Å². The first-order chi connectivity index (χ1) is 9.99. The maximum atomic E-state index is 11.9. The second-order valence-electron chi connectivity index (χ2n) is 5.99. The number of carbonyl (C=O) groups excluding carboxylic acids is 1. The van der Waals surface area contributed by atoms with Crippen LogP contribution >= 0.6 is 0 Å². The molecule has 21 heavy (non-hydrogen) atoms. The van der Waals surface area contributed by atoms with E-state index in [1.54, 1.807) is 19.0 Å². The van der Waals surface area contributed by atoms with Gasteiger partial charge in [0, 0.05) is 47.3 Å². The minimum absolute atomic E-state index is 0.113. The lowest BCUT2D eigenvalue weighted by Crippen LogP contribution is -2.46. The zero-order chi connectivity index (χ0) is 15.4. The minimum atomic E-state index is 0.113. The van der Waals surface area contributed by atoms with Gasteiger partial charge in [-0.3, -0.25) is 0 Å². The smallest absolute Gasteiger partial charge is 0.319 e. The van der Waals surface area contributed by atoms with Gasteiger partial charge in [0.2, 0.25) is 0 Å². The van der Waals surface area contributed by atoms with Gasteiger partial charge in [-0.25, -0.2) is 4.79 Å². The first-order valence-corrected chi connectivity index (χ1v) is 7.48. The normalized spacial score (nSPS) is 15.7. The van der Waals surface area contributed by atoms with E-state index in [1.807, 2.05) is 4.90 Å². The Balaban J connectivity index is 1.94. The summed E-state index contributed by atoms with van der Waals surface area (Å²) in [5.41, 5.74) is 2.36. The van der Waals surface area contributed by atoms with Gasteiger partial charge in [-0.15, -0.1) is 0 Å². The van der Waals surface area contributed by atoms with Crippen molar-refractivity contribution in [2.45, 2.75) is 18.9 Å². The van der Waals surface area contributed by atoms with Crippen molar-refractivity contribution in [3.63, 3.8) is 0 Å². The lowest BCUT2D eigenvalue weighted by Gasteiger charge is -2.34. The average molecular weight is 290 g/mol. The van der Waals surface area contributed by atoms with Gasteiger partial charge in [0.15, 0.2) is 0 Å². The Morgan fingerprint density at radius 2 is 1.76 bits per heavy atom. The summed E-state index contributed by atoms with van der Waals surface area (Å²) < 4.78 is 0. The van der Waals surface area contributed by atoms with Crippen LogP contribution in [-0.2, 0) is 0 Å². The fourth-order valence-corrected chi connectivity index (χ4v) is 2.70. The summed E-state index contributed by atoms with van der Waals surface area (Å²) in [5.74, 6) is 0. The molecule has 116 valence electrons. The number of nitrogens with zero attached hydrogens (tertiary/aromatic N) is 3. The maximum absolute atomic E-state index is 11.9. The molecule has 0 spiro atoms. The van der Waals surface area contributed by atoms with E-state index < -0.39 is 0 Å². The van der Waals surface area contributed by atoms with Gasteiger partial charge in [-0.05, 0) is 25.0 Å². The number of likely N-dealkylation sites (tertiary alicyclic amines) is 1. The Hall–Kier alpha value is -1.91. The van der Waals surface area contributed by atoms with Gasteiger partial charge >= 0.3 is 6.03 Å². The Kier molecular flexibility index (Phi) is 4.94. The Labute approximate surface area is 127 Å². The molecule has 2 rings (SSSR count). The summed E-state index contributed by atoms with van der Waals surface area (Å²) >= 11 is 0. The highest BCUT2D eigenvalue weighted by molar-refractivity contribution is 5.74. The van der Waals surface area contributed by atoms with Crippen molar-refractivity contribution >= 4 is 17.4 Å². The number of para-hydroxylation sites is 2. The molecule has 5 nitrogen and oxygen atoms in total. The van der Waals surface area contributed by atoms with Crippen LogP contribution in [0.1, 0.15) is 12.8 Å². The molecular formula is C16H26N4O. The summed E-state index contributed by atoms with van der Waals surface area (Å²) in [6.45, 7) is 1.64. The standard InChI is InChI=1S/C16H26N4O/c1-18(2)15-8-6-5-7-14(15)17-13-9-11-20(12-10-13)16(21)19(3)4/h5-8,13,17H,9-12H2,1-4H3. The third-order valence-corrected chi connectivity index (χ3v) is 3.89. The summed E-state index contributed by atoms with van der Waals surface area (Å²) in [4.78, 5) is 17.6. The first kappa shape index (κ1) is 15.5. The number of nitrogens with one attached hydrogen (secondary N) is 1. The SMILES string of the molecule is CN(C)C(=O)N1CCC(Nc2ccccc2N(C)C)CC1. The van der Waals surface area contributed by atoms with Crippen LogP contribution in [0.5, 0.6) is 0 Å². The second kappa shape index (κ2) is 6.70. The molecule has 1 aliphatic rings. The van der Waals surface area contributed by atoms with Crippen LogP contribution in [0.15, 0.2) is 24.3 Å². The van der Waals surface area contributed by atoms with Crippen molar-refractivity contribution in [3.8, 4) is 0 Å². The summed E-state index contributed by atoms with van der Waals surface area (Å²) in [7, 11) is 7.72. The maximum Gasteiger partial charge on any atom is 0.319 e. The van der Waals surface area contributed by atoms with E-state index in [4.69, 9.17) is 0 Å². The van der Waals surface area contributed by atoms with Gasteiger partial charge in [0.05, 0.1) is 11.4 Å². The van der Waals surface area contributed by atoms with Gasteiger partial charge in [-0.1, -0.05) is 12.1 Å². The van der Waals surface area contributed by atoms with Gasteiger partial charge in [0.1, 0.15) is 0 Å². The molecule has 5 heteroatoms. The third kappa shape index (κ3) is 3.80. The van der Waals surface area contributed by atoms with Crippen LogP contribution in [0.25, 0.3) is 0 Å². The van der Waals surface area contributed by atoms with Gasteiger partial charge in [0.25, 0.3) is 0 Å². The zero-order valence-corrected chi connectivity index (χ0v) is 13.5. The molecule has 1 aliphatic heterocycles. The molecule has 1 heterocycles. The molecule has 0 aliphatic carbocycles. The number of hydrogen-bond acceptors (Lipinski definition) is 3. The predicted octanol–water partition coefficient (Wildman–Crippen LogP) is 2.31. The van der Waals surface area contributed by atoms with Gasteiger partial charge < -0.3 is 20.0 Å². The van der Waals surface area contributed by atoms with Crippen LogP contribution in [0, 0.1) is 0 Å². The average Bonchev–Trinajstić information content (AvgIpc) is 2.47. The van der Waals surface area contributed by atoms with E-state index in [2.05, 4.69) is 48.6 Å². The molecule has 0 unspecified atom stereocenters. The highest BCUT2D eigenvalue weighted by Crippen LogP contribution is 2.26. The van der Waals surface area contributed by atoms with Crippen LogP contribution in [0.2, 0.25) is 0 Å². The molecule has 0 atom stereocenters. The minimum Gasteiger partial charge on any atom is -0.381 e. The number of piperidine rings is 1. The van der Waals surface area contributed by atoms with Crippen molar-refractivity contribution in [1.29, 1.82) is 0 Å². The molecule has 1 saturated heterocycles. The van der Waals surface area contributed by atoms with Crippen molar-refractivity contribution in [2.75, 3.05) is 51.5 Å². The highest BCUT2D eigenvalue weighted by Gasteiger charge is 2.24. The number of rotatable bonds is 3. The number of hydrogen-bond donors (Lipinski definition) is 1. The highest BCUT2D eigenvalue weighted by atomic mass is 16.2. The molecule has 0 radical (unpaired) electrons. The molecule has 0 saturated carbocycles. The van der Waals surface area contributed by atoms with E-state index in [-0.39, 0.29) is 6.03 Å². The lowest BCUT2D eigenvalue weighted by atomic mass is 10.0. The quantitative estimate of drug-likeness (QED) is 0.928. The van der Waals surface area contributed by atoms with Crippen LogP contribution in [0.4, 0.5) is 16.2 Å².